The monoisotopic (exact) mass is 348 g/mol. The minimum Gasteiger partial charge on any atom is -0.508 e. The molecule has 0 unspecified atom stereocenters. The van der Waals surface area contributed by atoms with Gasteiger partial charge in [0.1, 0.15) is 11.5 Å². The lowest BCUT2D eigenvalue weighted by atomic mass is 9.99. The molecule has 0 atom stereocenters. The number of rotatable bonds is 4. The van der Waals surface area contributed by atoms with E-state index in [1.165, 1.54) is 30.3 Å². The Bertz CT molecular complexity index is 957. The minimum absolute atomic E-state index is 0.0748. The highest BCUT2D eigenvalue weighted by atomic mass is 16.5. The van der Waals surface area contributed by atoms with E-state index in [1.807, 2.05) is 19.1 Å². The fourth-order valence-electron chi connectivity index (χ4n) is 2.51. The Kier molecular flexibility index (Phi) is 4.71. The topological polar surface area (TPSA) is 83.8 Å². The molecule has 0 saturated heterocycles. The number of ether oxygens (including phenoxy) is 1. The molecule has 130 valence electrons. The van der Waals surface area contributed by atoms with Gasteiger partial charge in [0, 0.05) is 0 Å². The van der Waals surface area contributed by atoms with Gasteiger partial charge in [0.05, 0.1) is 11.1 Å². The van der Waals surface area contributed by atoms with Crippen molar-refractivity contribution in [2.24, 2.45) is 0 Å². The van der Waals surface area contributed by atoms with E-state index in [1.54, 1.807) is 24.3 Å². The van der Waals surface area contributed by atoms with Crippen molar-refractivity contribution in [3.63, 3.8) is 0 Å². The molecule has 0 bridgehead atoms. The second-order valence-corrected chi connectivity index (χ2v) is 5.81. The summed E-state index contributed by atoms with van der Waals surface area (Å²) in [6.45, 7) is 1.92. The highest BCUT2D eigenvalue weighted by Gasteiger charge is 2.15. The van der Waals surface area contributed by atoms with E-state index < -0.39 is 11.9 Å². The molecule has 0 spiro atoms. The van der Waals surface area contributed by atoms with Crippen LogP contribution in [0.5, 0.6) is 11.5 Å². The van der Waals surface area contributed by atoms with Crippen LogP contribution in [-0.4, -0.2) is 22.2 Å². The molecule has 2 N–H and O–H groups in total. The van der Waals surface area contributed by atoms with Gasteiger partial charge in [0.2, 0.25) is 0 Å². The number of phenolic OH excluding ortho intramolecular Hbond substituents is 1. The van der Waals surface area contributed by atoms with Gasteiger partial charge in [-0.05, 0) is 60.5 Å². The number of carboxylic acids is 1. The van der Waals surface area contributed by atoms with Gasteiger partial charge in [0.15, 0.2) is 0 Å². The quantitative estimate of drug-likeness (QED) is 0.543. The van der Waals surface area contributed by atoms with Gasteiger partial charge in [-0.15, -0.1) is 0 Å². The summed E-state index contributed by atoms with van der Waals surface area (Å²) in [5.74, 6) is -1.30. The number of aromatic hydroxyl groups is 1. The number of hydrogen-bond acceptors (Lipinski definition) is 4. The molecule has 0 radical (unpaired) electrons. The smallest absolute Gasteiger partial charge is 0.343 e. The predicted octanol–water partition coefficient (Wildman–Crippen LogP) is 4.29. The maximum atomic E-state index is 12.3. The molecule has 5 heteroatoms. The van der Waals surface area contributed by atoms with Crippen molar-refractivity contribution in [1.82, 2.24) is 0 Å². The second kappa shape index (κ2) is 7.11. The van der Waals surface area contributed by atoms with Crippen molar-refractivity contribution < 1.29 is 24.5 Å². The number of aromatic carboxylic acids is 1. The van der Waals surface area contributed by atoms with Gasteiger partial charge in [-0.1, -0.05) is 29.8 Å². The Labute approximate surface area is 150 Å². The van der Waals surface area contributed by atoms with Crippen LogP contribution in [0.25, 0.3) is 11.1 Å². The standard InChI is InChI=1S/C21H16O5/c1-13-2-4-15(5-3-13)21(25)26-17-10-11-18(20(23)24)19(12-17)14-6-8-16(22)9-7-14/h2-12,22H,1H3,(H,23,24). The molecule has 0 amide bonds. The third kappa shape index (κ3) is 3.72. The minimum atomic E-state index is -1.09. The zero-order valence-electron chi connectivity index (χ0n) is 14.0. The summed E-state index contributed by atoms with van der Waals surface area (Å²) in [4.78, 5) is 23.8. The average Bonchev–Trinajstić information content (AvgIpc) is 2.62. The number of carboxylic acid groups (broad SMARTS) is 1. The Morgan fingerprint density at radius 1 is 0.885 bits per heavy atom. The van der Waals surface area contributed by atoms with Crippen LogP contribution in [0.15, 0.2) is 66.7 Å². The Morgan fingerprint density at radius 2 is 1.54 bits per heavy atom. The lowest BCUT2D eigenvalue weighted by Crippen LogP contribution is -2.09. The molecule has 0 aliphatic heterocycles. The predicted molar refractivity (Wildman–Crippen MR) is 96.6 cm³/mol. The molecule has 5 nitrogen and oxygen atoms in total. The first kappa shape index (κ1) is 17.2. The summed E-state index contributed by atoms with van der Waals surface area (Å²) >= 11 is 0. The molecule has 0 saturated carbocycles. The number of esters is 1. The lowest BCUT2D eigenvalue weighted by Gasteiger charge is -2.10. The molecule has 3 aromatic rings. The van der Waals surface area contributed by atoms with Crippen LogP contribution >= 0.6 is 0 Å². The third-order valence-electron chi connectivity index (χ3n) is 3.90. The Balaban J connectivity index is 1.95. The van der Waals surface area contributed by atoms with Crippen LogP contribution in [0.3, 0.4) is 0 Å². The van der Waals surface area contributed by atoms with Crippen LogP contribution in [0.4, 0.5) is 0 Å². The number of phenols is 1. The fraction of sp³-hybridized carbons (Fsp3) is 0.0476. The van der Waals surface area contributed by atoms with Crippen molar-refractivity contribution >= 4 is 11.9 Å². The normalized spacial score (nSPS) is 10.3. The third-order valence-corrected chi connectivity index (χ3v) is 3.90. The van der Waals surface area contributed by atoms with E-state index in [0.29, 0.717) is 16.7 Å². The first-order valence-electron chi connectivity index (χ1n) is 7.89. The Hall–Kier alpha value is -3.60. The van der Waals surface area contributed by atoms with Crippen LogP contribution in [0.2, 0.25) is 0 Å². The van der Waals surface area contributed by atoms with Crippen LogP contribution in [0.1, 0.15) is 26.3 Å². The first-order chi connectivity index (χ1) is 12.4. The van der Waals surface area contributed by atoms with Crippen LogP contribution in [0, 0.1) is 6.92 Å². The van der Waals surface area contributed by atoms with Gasteiger partial charge in [0.25, 0.3) is 0 Å². The summed E-state index contributed by atoms with van der Waals surface area (Å²) in [5, 5.41) is 18.8. The maximum Gasteiger partial charge on any atom is 0.343 e. The van der Waals surface area contributed by atoms with Gasteiger partial charge in [-0.25, -0.2) is 9.59 Å². The van der Waals surface area contributed by atoms with Crippen molar-refractivity contribution in [2.75, 3.05) is 0 Å². The summed E-state index contributed by atoms with van der Waals surface area (Å²) in [7, 11) is 0. The van der Waals surface area contributed by atoms with Crippen molar-refractivity contribution in [2.45, 2.75) is 6.92 Å². The zero-order valence-corrected chi connectivity index (χ0v) is 14.0. The summed E-state index contributed by atoms with van der Waals surface area (Å²) in [6, 6.07) is 17.4. The van der Waals surface area contributed by atoms with E-state index in [0.717, 1.165) is 5.56 Å². The fourth-order valence-corrected chi connectivity index (χ4v) is 2.51. The number of hydrogen-bond donors (Lipinski definition) is 2. The van der Waals surface area contributed by atoms with E-state index in [9.17, 15) is 19.8 Å². The molecule has 3 rings (SSSR count). The molecular weight excluding hydrogens is 332 g/mol. The summed E-state index contributed by atoms with van der Waals surface area (Å²) in [6.07, 6.45) is 0. The maximum absolute atomic E-state index is 12.3. The highest BCUT2D eigenvalue weighted by Crippen LogP contribution is 2.30. The van der Waals surface area contributed by atoms with Crippen molar-refractivity contribution in [1.29, 1.82) is 0 Å². The Morgan fingerprint density at radius 3 is 2.15 bits per heavy atom. The lowest BCUT2D eigenvalue weighted by molar-refractivity contribution is 0.0697. The van der Waals surface area contributed by atoms with Crippen molar-refractivity contribution in [3.05, 3.63) is 83.4 Å². The highest BCUT2D eigenvalue weighted by molar-refractivity contribution is 5.97. The molecule has 0 aliphatic rings. The first-order valence-corrected chi connectivity index (χ1v) is 7.89. The van der Waals surface area contributed by atoms with Gasteiger partial charge in [-0.2, -0.15) is 0 Å². The second-order valence-electron chi connectivity index (χ2n) is 5.81. The molecule has 0 aromatic heterocycles. The van der Waals surface area contributed by atoms with Gasteiger partial charge < -0.3 is 14.9 Å². The molecule has 0 heterocycles. The number of carbonyl (C=O) groups is 2. The molecule has 3 aromatic carbocycles. The van der Waals surface area contributed by atoms with E-state index >= 15 is 0 Å². The summed E-state index contributed by atoms with van der Waals surface area (Å²) < 4.78 is 5.38. The molecule has 0 aliphatic carbocycles. The number of benzene rings is 3. The number of carbonyl (C=O) groups excluding carboxylic acids is 1. The van der Waals surface area contributed by atoms with E-state index in [-0.39, 0.29) is 17.1 Å². The van der Waals surface area contributed by atoms with E-state index in [4.69, 9.17) is 4.74 Å². The largest absolute Gasteiger partial charge is 0.508 e. The van der Waals surface area contributed by atoms with E-state index in [2.05, 4.69) is 0 Å². The van der Waals surface area contributed by atoms with Crippen molar-refractivity contribution in [3.8, 4) is 22.6 Å². The SMILES string of the molecule is Cc1ccc(C(=O)Oc2ccc(C(=O)O)c(-c3ccc(O)cc3)c2)cc1. The van der Waals surface area contributed by atoms with Gasteiger partial charge >= 0.3 is 11.9 Å². The van der Waals surface area contributed by atoms with Gasteiger partial charge in [-0.3, -0.25) is 0 Å². The van der Waals surface area contributed by atoms with Crippen LogP contribution in [-0.2, 0) is 0 Å². The van der Waals surface area contributed by atoms with Crippen LogP contribution < -0.4 is 4.74 Å². The molecule has 26 heavy (non-hydrogen) atoms. The summed E-state index contributed by atoms with van der Waals surface area (Å²) in [5.41, 5.74) is 2.50. The molecular formula is C21H16O5. The average molecular weight is 348 g/mol. The molecule has 0 fully saturated rings. The zero-order chi connectivity index (χ0) is 18.7. The number of aryl methyl sites for hydroxylation is 1.